The zero-order chi connectivity index (χ0) is 21.8. The fraction of sp³-hybridized carbons (Fsp3) is 0.609. The van der Waals surface area contributed by atoms with E-state index >= 15 is 0 Å². The molecule has 8 heteroatoms. The van der Waals surface area contributed by atoms with Gasteiger partial charge in [0.2, 0.25) is 17.7 Å². The molecule has 2 aliphatic heterocycles. The number of ether oxygens (including phenoxy) is 2. The summed E-state index contributed by atoms with van der Waals surface area (Å²) in [6.07, 6.45) is 6.80. The number of hydrogen-bond donors (Lipinski definition) is 2. The first-order chi connectivity index (χ1) is 15.0. The minimum Gasteiger partial charge on any atom is -0.486 e. The van der Waals surface area contributed by atoms with E-state index in [0.717, 1.165) is 25.7 Å². The minimum atomic E-state index is -0.630. The van der Waals surface area contributed by atoms with Gasteiger partial charge in [0.15, 0.2) is 11.5 Å². The number of nitrogens with zero attached hydrogens (tertiary/aromatic N) is 1. The second-order valence-electron chi connectivity index (χ2n) is 8.66. The lowest BCUT2D eigenvalue weighted by Crippen LogP contribution is -2.49. The molecule has 2 fully saturated rings. The number of carbonyl (C=O) groups excluding carboxylic acids is 3. The number of carbonyl (C=O) groups is 3. The molecule has 8 nitrogen and oxygen atoms in total. The molecule has 1 saturated carbocycles. The van der Waals surface area contributed by atoms with Gasteiger partial charge in [0.25, 0.3) is 0 Å². The van der Waals surface area contributed by atoms with Crippen molar-refractivity contribution in [2.24, 2.45) is 5.92 Å². The van der Waals surface area contributed by atoms with Crippen molar-refractivity contribution in [3.63, 3.8) is 0 Å². The molecular weight excluding hydrogens is 398 g/mol. The highest BCUT2D eigenvalue weighted by Gasteiger charge is 2.36. The van der Waals surface area contributed by atoms with Gasteiger partial charge in [-0.05, 0) is 31.9 Å². The lowest BCUT2D eigenvalue weighted by molar-refractivity contribution is -0.131. The lowest BCUT2D eigenvalue weighted by atomic mass is 10.1. The molecule has 3 aliphatic rings. The summed E-state index contributed by atoms with van der Waals surface area (Å²) in [5, 5.41) is 5.86. The van der Waals surface area contributed by atoms with Gasteiger partial charge < -0.3 is 25.0 Å². The monoisotopic (exact) mass is 429 g/mol. The van der Waals surface area contributed by atoms with Gasteiger partial charge in [0, 0.05) is 30.8 Å². The van der Waals surface area contributed by atoms with Crippen LogP contribution in [0.1, 0.15) is 51.9 Å². The van der Waals surface area contributed by atoms with Gasteiger partial charge in [0.05, 0.1) is 5.92 Å². The number of nitrogens with one attached hydrogen (secondary N) is 2. The summed E-state index contributed by atoms with van der Waals surface area (Å²) >= 11 is 0. The quantitative estimate of drug-likeness (QED) is 0.699. The van der Waals surface area contributed by atoms with Crippen LogP contribution < -0.4 is 25.0 Å². The van der Waals surface area contributed by atoms with Gasteiger partial charge >= 0.3 is 0 Å². The Morgan fingerprint density at radius 1 is 1.06 bits per heavy atom. The molecule has 4 rings (SSSR count). The Hall–Kier alpha value is -2.77. The van der Waals surface area contributed by atoms with Crippen molar-refractivity contribution in [1.82, 2.24) is 10.6 Å². The van der Waals surface area contributed by atoms with E-state index < -0.39 is 12.0 Å². The Balaban J connectivity index is 1.32. The summed E-state index contributed by atoms with van der Waals surface area (Å²) < 4.78 is 11.1. The van der Waals surface area contributed by atoms with Crippen molar-refractivity contribution in [3.8, 4) is 11.5 Å². The van der Waals surface area contributed by atoms with E-state index in [0.29, 0.717) is 30.4 Å². The van der Waals surface area contributed by atoms with Crippen molar-refractivity contribution in [3.05, 3.63) is 18.2 Å². The molecule has 0 radical (unpaired) electrons. The van der Waals surface area contributed by atoms with Crippen molar-refractivity contribution in [1.29, 1.82) is 0 Å². The van der Waals surface area contributed by atoms with E-state index in [4.69, 9.17) is 9.47 Å². The van der Waals surface area contributed by atoms with Gasteiger partial charge in [-0.25, -0.2) is 0 Å². The van der Waals surface area contributed by atoms with E-state index in [1.54, 1.807) is 30.0 Å². The summed E-state index contributed by atoms with van der Waals surface area (Å²) in [7, 11) is 0. The summed E-state index contributed by atoms with van der Waals surface area (Å²) in [4.78, 5) is 39.4. The SMILES string of the molecule is C[C@@H](NC(=O)C1CC(=O)N(c2ccc3c(c2)OCCO3)C1)C(=O)NC1CCCCCC1. The van der Waals surface area contributed by atoms with Crippen LogP contribution in [0.3, 0.4) is 0 Å². The van der Waals surface area contributed by atoms with Gasteiger partial charge in [0.1, 0.15) is 19.3 Å². The highest BCUT2D eigenvalue weighted by atomic mass is 16.6. The first-order valence-corrected chi connectivity index (χ1v) is 11.3. The van der Waals surface area contributed by atoms with Crippen LogP contribution >= 0.6 is 0 Å². The maximum atomic E-state index is 12.7. The summed E-state index contributed by atoms with van der Waals surface area (Å²) in [6.45, 7) is 2.94. The Morgan fingerprint density at radius 2 is 1.77 bits per heavy atom. The van der Waals surface area contributed by atoms with Crippen LogP contribution in [0, 0.1) is 5.92 Å². The zero-order valence-corrected chi connectivity index (χ0v) is 18.0. The normalized spacial score (nSPS) is 22.5. The highest BCUT2D eigenvalue weighted by Crippen LogP contribution is 2.36. The molecule has 1 aromatic carbocycles. The van der Waals surface area contributed by atoms with Crippen molar-refractivity contribution in [2.75, 3.05) is 24.7 Å². The van der Waals surface area contributed by atoms with Gasteiger partial charge in [-0.1, -0.05) is 25.7 Å². The van der Waals surface area contributed by atoms with Crippen LogP contribution in [0.4, 0.5) is 5.69 Å². The molecule has 0 bridgehead atoms. The third kappa shape index (κ3) is 5.11. The molecular formula is C23H31N3O5. The number of anilines is 1. The topological polar surface area (TPSA) is 97.0 Å². The first kappa shape index (κ1) is 21.5. The second kappa shape index (κ2) is 9.58. The van der Waals surface area contributed by atoms with Crippen LogP contribution in [-0.4, -0.2) is 49.6 Å². The second-order valence-corrected chi connectivity index (χ2v) is 8.66. The number of amides is 3. The van der Waals surface area contributed by atoms with Gasteiger partial charge in [-0.3, -0.25) is 14.4 Å². The number of benzene rings is 1. The van der Waals surface area contributed by atoms with E-state index in [1.165, 1.54) is 12.8 Å². The summed E-state index contributed by atoms with van der Waals surface area (Å²) in [6, 6.07) is 4.91. The van der Waals surface area contributed by atoms with Crippen LogP contribution in [0.5, 0.6) is 11.5 Å². The molecule has 2 atom stereocenters. The van der Waals surface area contributed by atoms with Crippen molar-refractivity contribution >= 4 is 23.4 Å². The van der Waals surface area contributed by atoms with Crippen molar-refractivity contribution in [2.45, 2.75) is 64.0 Å². The first-order valence-electron chi connectivity index (χ1n) is 11.3. The summed E-state index contributed by atoms with van der Waals surface area (Å²) in [5.41, 5.74) is 0.684. The average molecular weight is 430 g/mol. The zero-order valence-electron chi connectivity index (χ0n) is 18.0. The Morgan fingerprint density at radius 3 is 2.52 bits per heavy atom. The van der Waals surface area contributed by atoms with Crippen LogP contribution in [0.2, 0.25) is 0 Å². The van der Waals surface area contributed by atoms with Crippen molar-refractivity contribution < 1.29 is 23.9 Å². The Bertz CT molecular complexity index is 835. The van der Waals surface area contributed by atoms with E-state index in [-0.39, 0.29) is 36.7 Å². The van der Waals surface area contributed by atoms with Gasteiger partial charge in [-0.15, -0.1) is 0 Å². The fourth-order valence-electron chi connectivity index (χ4n) is 4.48. The number of rotatable bonds is 5. The maximum absolute atomic E-state index is 12.7. The molecule has 2 N–H and O–H groups in total. The van der Waals surface area contributed by atoms with E-state index in [9.17, 15) is 14.4 Å². The largest absolute Gasteiger partial charge is 0.486 e. The molecule has 1 saturated heterocycles. The molecule has 1 unspecified atom stereocenters. The number of hydrogen-bond acceptors (Lipinski definition) is 5. The summed E-state index contributed by atoms with van der Waals surface area (Å²) in [5.74, 6) is 0.226. The van der Waals surface area contributed by atoms with Crippen LogP contribution in [0.15, 0.2) is 18.2 Å². The fourth-order valence-corrected chi connectivity index (χ4v) is 4.48. The predicted octanol–water partition coefficient (Wildman–Crippen LogP) is 2.15. The average Bonchev–Trinajstić information content (AvgIpc) is 2.98. The van der Waals surface area contributed by atoms with Gasteiger partial charge in [-0.2, -0.15) is 0 Å². The predicted molar refractivity (Wildman–Crippen MR) is 115 cm³/mol. The minimum absolute atomic E-state index is 0.118. The molecule has 168 valence electrons. The molecule has 31 heavy (non-hydrogen) atoms. The lowest BCUT2D eigenvalue weighted by Gasteiger charge is -2.23. The molecule has 3 amide bonds. The highest BCUT2D eigenvalue weighted by molar-refractivity contribution is 6.01. The van der Waals surface area contributed by atoms with Crippen LogP contribution in [-0.2, 0) is 14.4 Å². The molecule has 0 aromatic heterocycles. The maximum Gasteiger partial charge on any atom is 0.242 e. The third-order valence-corrected chi connectivity index (χ3v) is 6.29. The van der Waals surface area contributed by atoms with E-state index in [2.05, 4.69) is 10.6 Å². The third-order valence-electron chi connectivity index (χ3n) is 6.29. The Kier molecular flexibility index (Phi) is 6.63. The Labute approximate surface area is 182 Å². The van der Waals surface area contributed by atoms with Crippen LogP contribution in [0.25, 0.3) is 0 Å². The molecule has 1 aliphatic carbocycles. The van der Waals surface area contributed by atoms with E-state index in [1.807, 2.05) is 0 Å². The molecule has 1 aromatic rings. The molecule has 0 spiro atoms. The smallest absolute Gasteiger partial charge is 0.242 e. The number of fused-ring (bicyclic) bond motifs is 1. The molecule has 2 heterocycles. The standard InChI is InChI=1S/C23H31N3O5/c1-15(22(28)25-17-6-4-2-3-5-7-17)24-23(29)16-12-21(27)26(14-16)18-8-9-19-20(13-18)31-11-10-30-19/h8-9,13,15-17H,2-7,10-12,14H2,1H3,(H,24,29)(H,25,28)/t15-,16?/m1/s1.